The van der Waals surface area contributed by atoms with Crippen LogP contribution in [0.25, 0.3) is 0 Å². The molecular weight excluding hydrogens is 464 g/mol. The zero-order valence-electron chi connectivity index (χ0n) is 21.0. The third-order valence-electron chi connectivity index (χ3n) is 6.17. The van der Waals surface area contributed by atoms with Crippen LogP contribution >= 0.6 is 0 Å². The fourth-order valence-electron chi connectivity index (χ4n) is 3.94. The third kappa shape index (κ3) is 9.42. The molecule has 0 atom stereocenters. The van der Waals surface area contributed by atoms with Crippen LogP contribution in [0.5, 0.6) is 5.75 Å². The molecule has 0 amide bonds. The van der Waals surface area contributed by atoms with Crippen molar-refractivity contribution in [3.63, 3.8) is 0 Å². The first-order chi connectivity index (χ1) is 17.0. The number of anilines is 1. The Morgan fingerprint density at radius 1 is 1.00 bits per heavy atom. The molecule has 0 bridgehead atoms. The predicted octanol–water partition coefficient (Wildman–Crippen LogP) is 3.02. The van der Waals surface area contributed by atoms with E-state index in [0.717, 1.165) is 76.8 Å². The van der Waals surface area contributed by atoms with Crippen LogP contribution in [0.2, 0.25) is 0 Å². The van der Waals surface area contributed by atoms with Crippen molar-refractivity contribution in [1.82, 2.24) is 15.1 Å². The second-order valence-electron chi connectivity index (χ2n) is 8.63. The molecule has 1 aliphatic heterocycles. The second-order valence-corrected chi connectivity index (χ2v) is 10.3. The van der Waals surface area contributed by atoms with Gasteiger partial charge in [-0.2, -0.15) is 0 Å². The van der Waals surface area contributed by atoms with Gasteiger partial charge in [0.1, 0.15) is 12.4 Å². The van der Waals surface area contributed by atoms with E-state index >= 15 is 0 Å². The van der Waals surface area contributed by atoms with E-state index in [9.17, 15) is 8.42 Å². The number of benzene rings is 2. The number of nitrogens with one attached hydrogen (secondary N) is 2. The Morgan fingerprint density at radius 3 is 2.34 bits per heavy atom. The smallest absolute Gasteiger partial charge is 0.261 e. The fraction of sp³-hybridized carbons (Fsp3) is 0.538. The number of hydrogen-bond acceptors (Lipinski definition) is 7. The third-order valence-corrected chi connectivity index (χ3v) is 7.57. The molecule has 0 spiro atoms. The fourth-order valence-corrected chi connectivity index (χ4v) is 5.00. The minimum absolute atomic E-state index is 0.244. The van der Waals surface area contributed by atoms with Crippen LogP contribution in [0.3, 0.4) is 0 Å². The molecule has 2 aromatic carbocycles. The molecular formula is C26H40N4O4S. The van der Waals surface area contributed by atoms with E-state index in [-0.39, 0.29) is 4.90 Å². The van der Waals surface area contributed by atoms with Crippen molar-refractivity contribution >= 4 is 15.7 Å². The monoisotopic (exact) mass is 504 g/mol. The van der Waals surface area contributed by atoms with Gasteiger partial charge in [0.15, 0.2) is 0 Å². The largest absolute Gasteiger partial charge is 0.492 e. The number of rotatable bonds is 15. The number of ether oxygens (including phenoxy) is 2. The predicted molar refractivity (Wildman–Crippen MR) is 141 cm³/mol. The molecule has 0 unspecified atom stereocenters. The van der Waals surface area contributed by atoms with Gasteiger partial charge in [0, 0.05) is 31.9 Å². The maximum atomic E-state index is 12.8. The van der Waals surface area contributed by atoms with Crippen molar-refractivity contribution in [3.05, 3.63) is 54.1 Å². The average molecular weight is 505 g/mol. The Labute approximate surface area is 210 Å². The van der Waals surface area contributed by atoms with Crippen molar-refractivity contribution in [1.29, 1.82) is 0 Å². The number of likely N-dealkylation sites (N-methyl/N-ethyl adjacent to an activating group) is 1. The zero-order valence-corrected chi connectivity index (χ0v) is 21.9. The van der Waals surface area contributed by atoms with Crippen molar-refractivity contribution < 1.29 is 17.9 Å². The van der Waals surface area contributed by atoms with Gasteiger partial charge in [0.05, 0.1) is 18.1 Å². The minimum atomic E-state index is -3.65. The number of hydrogen-bond donors (Lipinski definition) is 2. The molecule has 3 rings (SSSR count). The lowest BCUT2D eigenvalue weighted by Gasteiger charge is -2.26. The molecule has 2 aromatic rings. The Kier molecular flexibility index (Phi) is 11.3. The average Bonchev–Trinajstić information content (AvgIpc) is 2.88. The van der Waals surface area contributed by atoms with Crippen LogP contribution in [0, 0.1) is 0 Å². The lowest BCUT2D eigenvalue weighted by Crippen LogP contribution is -2.37. The summed E-state index contributed by atoms with van der Waals surface area (Å²) in [6, 6.07) is 14.0. The summed E-state index contributed by atoms with van der Waals surface area (Å²) < 4.78 is 39.4. The van der Waals surface area contributed by atoms with Crippen LogP contribution in [-0.4, -0.2) is 83.9 Å². The SMILES string of the molecule is CCN(CC)CCOc1ccc(NS(=O)(=O)c2ccc(CNCCCN3CCOCC3)cc2)cc1. The summed E-state index contributed by atoms with van der Waals surface area (Å²) in [5.74, 6) is 0.724. The van der Waals surface area contributed by atoms with Crippen molar-refractivity contribution in [2.75, 3.05) is 70.4 Å². The highest BCUT2D eigenvalue weighted by Gasteiger charge is 2.14. The maximum absolute atomic E-state index is 12.8. The Hall–Kier alpha value is -2.17. The standard InChI is InChI=1S/C26H40N4O4S/c1-3-29(4-2)18-21-34-25-10-8-24(9-11-25)28-35(31,32)26-12-6-23(7-13-26)22-27-14-5-15-30-16-19-33-20-17-30/h6-13,27-28H,3-5,14-22H2,1-2H3. The Bertz CT molecular complexity index is 958. The summed E-state index contributed by atoms with van der Waals surface area (Å²) in [5, 5.41) is 3.43. The van der Waals surface area contributed by atoms with Gasteiger partial charge in [-0.15, -0.1) is 0 Å². The summed E-state index contributed by atoms with van der Waals surface area (Å²) in [6.07, 6.45) is 1.08. The van der Waals surface area contributed by atoms with E-state index in [4.69, 9.17) is 9.47 Å². The summed E-state index contributed by atoms with van der Waals surface area (Å²) in [4.78, 5) is 4.95. The van der Waals surface area contributed by atoms with E-state index in [2.05, 4.69) is 33.7 Å². The first-order valence-electron chi connectivity index (χ1n) is 12.6. The first-order valence-corrected chi connectivity index (χ1v) is 14.1. The Balaban J connectivity index is 1.41. The van der Waals surface area contributed by atoms with Gasteiger partial charge in [-0.05, 0) is 74.6 Å². The molecule has 194 valence electrons. The summed E-state index contributed by atoms with van der Waals surface area (Å²) in [6.45, 7) is 14.1. The van der Waals surface area contributed by atoms with Gasteiger partial charge in [-0.25, -0.2) is 8.42 Å². The Morgan fingerprint density at radius 2 is 1.69 bits per heavy atom. The number of sulfonamides is 1. The van der Waals surface area contributed by atoms with Gasteiger partial charge in [-0.1, -0.05) is 26.0 Å². The highest BCUT2D eigenvalue weighted by atomic mass is 32.2. The molecule has 0 saturated carbocycles. The summed E-state index contributed by atoms with van der Waals surface area (Å²) in [5.41, 5.74) is 1.56. The molecule has 0 aromatic heterocycles. The van der Waals surface area contributed by atoms with Gasteiger partial charge in [0.2, 0.25) is 0 Å². The van der Waals surface area contributed by atoms with Gasteiger partial charge >= 0.3 is 0 Å². The van der Waals surface area contributed by atoms with E-state index in [1.54, 1.807) is 36.4 Å². The van der Waals surface area contributed by atoms with E-state index in [1.807, 2.05) is 12.1 Å². The van der Waals surface area contributed by atoms with E-state index in [0.29, 0.717) is 18.8 Å². The van der Waals surface area contributed by atoms with Crippen LogP contribution in [0.15, 0.2) is 53.4 Å². The molecule has 8 nitrogen and oxygen atoms in total. The van der Waals surface area contributed by atoms with E-state index < -0.39 is 10.0 Å². The first kappa shape index (κ1) is 27.4. The highest BCUT2D eigenvalue weighted by Crippen LogP contribution is 2.20. The van der Waals surface area contributed by atoms with Crippen LogP contribution in [0.1, 0.15) is 25.8 Å². The highest BCUT2D eigenvalue weighted by molar-refractivity contribution is 7.92. The lowest BCUT2D eigenvalue weighted by atomic mass is 10.2. The molecule has 0 aliphatic carbocycles. The molecule has 0 radical (unpaired) electrons. The minimum Gasteiger partial charge on any atom is -0.492 e. The normalized spacial score (nSPS) is 14.8. The van der Waals surface area contributed by atoms with Crippen LogP contribution in [0.4, 0.5) is 5.69 Å². The quantitative estimate of drug-likeness (QED) is 0.361. The van der Waals surface area contributed by atoms with Crippen molar-refractivity contribution in [2.45, 2.75) is 31.7 Å². The van der Waals surface area contributed by atoms with Crippen LogP contribution < -0.4 is 14.8 Å². The van der Waals surface area contributed by atoms with E-state index in [1.165, 1.54) is 0 Å². The summed E-state index contributed by atoms with van der Waals surface area (Å²) >= 11 is 0. The topological polar surface area (TPSA) is 83.1 Å². The number of nitrogens with zero attached hydrogens (tertiary/aromatic N) is 2. The maximum Gasteiger partial charge on any atom is 0.261 e. The molecule has 1 heterocycles. The molecule has 9 heteroatoms. The van der Waals surface area contributed by atoms with Gasteiger partial charge in [-0.3, -0.25) is 9.62 Å². The van der Waals surface area contributed by atoms with Gasteiger partial charge < -0.3 is 19.7 Å². The lowest BCUT2D eigenvalue weighted by molar-refractivity contribution is 0.0374. The number of morpholine rings is 1. The molecule has 1 fully saturated rings. The van der Waals surface area contributed by atoms with Crippen molar-refractivity contribution in [2.24, 2.45) is 0 Å². The zero-order chi connectivity index (χ0) is 24.9. The molecule has 2 N–H and O–H groups in total. The molecule has 35 heavy (non-hydrogen) atoms. The second kappa shape index (κ2) is 14.4. The molecule has 1 saturated heterocycles. The van der Waals surface area contributed by atoms with Crippen molar-refractivity contribution in [3.8, 4) is 5.75 Å². The molecule has 1 aliphatic rings. The van der Waals surface area contributed by atoms with Crippen LogP contribution in [-0.2, 0) is 21.3 Å². The van der Waals surface area contributed by atoms with Gasteiger partial charge in [0.25, 0.3) is 10.0 Å². The summed E-state index contributed by atoms with van der Waals surface area (Å²) in [7, 11) is -3.65.